The summed E-state index contributed by atoms with van der Waals surface area (Å²) in [5.41, 5.74) is 0. The van der Waals surface area contributed by atoms with E-state index >= 15 is 0 Å². The largest absolute Gasteiger partial charge is 0.463 e. The molecule has 0 aromatic heterocycles. The summed E-state index contributed by atoms with van der Waals surface area (Å²) in [5.74, 6) is -3.80. The Morgan fingerprint density at radius 2 is 2.00 bits per heavy atom. The van der Waals surface area contributed by atoms with Crippen molar-refractivity contribution in [3.8, 4) is 0 Å². The molecule has 0 aliphatic heterocycles. The summed E-state index contributed by atoms with van der Waals surface area (Å²) in [7, 11) is 0. The van der Waals surface area contributed by atoms with Crippen molar-refractivity contribution in [2.24, 2.45) is 0 Å². The lowest BCUT2D eigenvalue weighted by Crippen LogP contribution is -2.11. The molecule has 0 aromatic rings. The third-order valence-corrected chi connectivity index (χ3v) is 0.802. The van der Waals surface area contributed by atoms with Gasteiger partial charge in [0, 0.05) is 0 Å². The van der Waals surface area contributed by atoms with Crippen molar-refractivity contribution in [1.29, 1.82) is 0 Å². The zero-order valence-corrected chi connectivity index (χ0v) is 6.11. The number of hydrogen-bond acceptors (Lipinski definition) is 2. The Morgan fingerprint density at radius 1 is 1.50 bits per heavy atom. The standard InChI is InChI=1S/C6H6F4O2/c1-2-12-5(11)3-4(7)6(8,9)10/h3H,2H2,1H3/b4-3-. The van der Waals surface area contributed by atoms with Crippen LogP contribution in [0, 0.1) is 0 Å². The summed E-state index contributed by atoms with van der Waals surface area (Å²) in [6.07, 6.45) is -5.35. The molecule has 70 valence electrons. The van der Waals surface area contributed by atoms with E-state index in [0.29, 0.717) is 0 Å². The van der Waals surface area contributed by atoms with Crippen molar-refractivity contribution in [3.63, 3.8) is 0 Å². The Bertz CT molecular complexity index is 194. The maximum atomic E-state index is 11.9. The van der Waals surface area contributed by atoms with E-state index in [1.807, 2.05) is 0 Å². The highest BCUT2D eigenvalue weighted by Gasteiger charge is 2.35. The summed E-state index contributed by atoms with van der Waals surface area (Å²) in [6.45, 7) is 1.30. The van der Waals surface area contributed by atoms with Gasteiger partial charge in [0.2, 0.25) is 5.83 Å². The molecule has 0 N–H and O–H groups in total. The van der Waals surface area contributed by atoms with Crippen LogP contribution in [-0.2, 0) is 9.53 Å². The normalized spacial score (nSPS) is 12.9. The number of carbonyl (C=O) groups is 1. The van der Waals surface area contributed by atoms with Gasteiger partial charge in [0.1, 0.15) is 0 Å². The smallest absolute Gasteiger partial charge is 0.443 e. The molecule has 0 atom stereocenters. The Hall–Kier alpha value is -1.07. The molecule has 0 unspecified atom stereocenters. The number of ether oxygens (including phenoxy) is 1. The van der Waals surface area contributed by atoms with Gasteiger partial charge in [-0.15, -0.1) is 0 Å². The first kappa shape index (κ1) is 10.9. The molecule has 0 amide bonds. The zero-order valence-electron chi connectivity index (χ0n) is 6.11. The van der Waals surface area contributed by atoms with Crippen LogP contribution < -0.4 is 0 Å². The molecule has 0 rings (SSSR count). The lowest BCUT2D eigenvalue weighted by molar-refractivity contribution is -0.139. The predicted octanol–water partition coefficient (Wildman–Crippen LogP) is 1.97. The summed E-state index contributed by atoms with van der Waals surface area (Å²) in [5, 5.41) is 0. The number of carbonyl (C=O) groups excluding carboxylic acids is 1. The molecule has 0 spiro atoms. The Kier molecular flexibility index (Phi) is 3.72. The Labute approximate surface area is 65.8 Å². The zero-order chi connectivity index (χ0) is 9.78. The highest BCUT2D eigenvalue weighted by atomic mass is 19.4. The van der Waals surface area contributed by atoms with E-state index in [-0.39, 0.29) is 12.7 Å². The number of rotatable bonds is 2. The molecular formula is C6H6F4O2. The van der Waals surface area contributed by atoms with E-state index in [2.05, 4.69) is 4.74 Å². The summed E-state index contributed by atoms with van der Waals surface area (Å²) in [4.78, 5) is 10.3. The lowest BCUT2D eigenvalue weighted by atomic mass is 10.4. The van der Waals surface area contributed by atoms with Gasteiger partial charge in [-0.2, -0.15) is 13.2 Å². The van der Waals surface area contributed by atoms with Crippen molar-refractivity contribution >= 4 is 5.97 Å². The van der Waals surface area contributed by atoms with Gasteiger partial charge in [-0.1, -0.05) is 0 Å². The van der Waals surface area contributed by atoms with Crippen LogP contribution in [-0.4, -0.2) is 18.8 Å². The van der Waals surface area contributed by atoms with Crippen molar-refractivity contribution in [2.45, 2.75) is 13.1 Å². The second-order valence-electron chi connectivity index (χ2n) is 1.74. The number of halogens is 4. The molecule has 0 bridgehead atoms. The average Bonchev–Trinajstić information content (AvgIpc) is 1.85. The van der Waals surface area contributed by atoms with Gasteiger partial charge in [-0.3, -0.25) is 0 Å². The maximum Gasteiger partial charge on any atom is 0.443 e. The van der Waals surface area contributed by atoms with Crippen LogP contribution in [0.1, 0.15) is 6.92 Å². The third kappa shape index (κ3) is 3.95. The van der Waals surface area contributed by atoms with Gasteiger partial charge in [-0.25, -0.2) is 9.18 Å². The van der Waals surface area contributed by atoms with E-state index in [1.165, 1.54) is 6.92 Å². The van der Waals surface area contributed by atoms with Crippen molar-refractivity contribution in [1.82, 2.24) is 0 Å². The van der Waals surface area contributed by atoms with Gasteiger partial charge in [0.15, 0.2) is 0 Å². The van der Waals surface area contributed by atoms with E-state index < -0.39 is 18.0 Å². The van der Waals surface area contributed by atoms with Crippen LogP contribution in [0.25, 0.3) is 0 Å². The molecule has 0 radical (unpaired) electrons. The van der Waals surface area contributed by atoms with Crippen molar-refractivity contribution in [3.05, 3.63) is 11.9 Å². The highest BCUT2D eigenvalue weighted by Crippen LogP contribution is 2.26. The summed E-state index contributed by atoms with van der Waals surface area (Å²) >= 11 is 0. The van der Waals surface area contributed by atoms with Gasteiger partial charge in [0.05, 0.1) is 12.7 Å². The fraction of sp³-hybridized carbons (Fsp3) is 0.500. The quantitative estimate of drug-likeness (QED) is 0.374. The van der Waals surface area contributed by atoms with Crippen LogP contribution in [0.15, 0.2) is 11.9 Å². The Balaban J connectivity index is 4.26. The van der Waals surface area contributed by atoms with Crippen LogP contribution in [0.4, 0.5) is 17.6 Å². The molecule has 0 aliphatic carbocycles. The highest BCUT2D eigenvalue weighted by molar-refractivity contribution is 5.82. The third-order valence-electron chi connectivity index (χ3n) is 0.802. The minimum Gasteiger partial charge on any atom is -0.463 e. The fourth-order valence-corrected chi connectivity index (χ4v) is 0.369. The van der Waals surface area contributed by atoms with E-state index in [1.54, 1.807) is 0 Å². The SMILES string of the molecule is CCOC(=O)/C=C(\F)C(F)(F)F. The lowest BCUT2D eigenvalue weighted by Gasteiger charge is -2.01. The minimum atomic E-state index is -5.12. The van der Waals surface area contributed by atoms with Gasteiger partial charge in [0.25, 0.3) is 0 Å². The minimum absolute atomic E-state index is 0.0968. The molecule has 0 fully saturated rings. The molecule has 2 nitrogen and oxygen atoms in total. The van der Waals surface area contributed by atoms with Crippen molar-refractivity contribution in [2.75, 3.05) is 6.61 Å². The number of hydrogen-bond donors (Lipinski definition) is 0. The van der Waals surface area contributed by atoms with Gasteiger partial charge in [-0.05, 0) is 6.92 Å². The average molecular weight is 186 g/mol. The summed E-state index contributed by atoms with van der Waals surface area (Å²) < 4.78 is 50.2. The van der Waals surface area contributed by atoms with Crippen LogP contribution in [0.2, 0.25) is 0 Å². The first-order valence-corrected chi connectivity index (χ1v) is 2.99. The second kappa shape index (κ2) is 4.08. The molecular weight excluding hydrogens is 180 g/mol. The van der Waals surface area contributed by atoms with Crippen molar-refractivity contribution < 1.29 is 27.1 Å². The fourth-order valence-electron chi connectivity index (χ4n) is 0.369. The van der Waals surface area contributed by atoms with E-state index in [4.69, 9.17) is 0 Å². The maximum absolute atomic E-state index is 11.9. The predicted molar refractivity (Wildman–Crippen MR) is 31.9 cm³/mol. The first-order valence-electron chi connectivity index (χ1n) is 2.99. The number of alkyl halides is 3. The first-order chi connectivity index (χ1) is 5.38. The molecule has 0 aromatic carbocycles. The topological polar surface area (TPSA) is 26.3 Å². The van der Waals surface area contributed by atoms with Crippen LogP contribution >= 0.6 is 0 Å². The Morgan fingerprint density at radius 3 is 2.33 bits per heavy atom. The van der Waals surface area contributed by atoms with Gasteiger partial charge >= 0.3 is 12.1 Å². The van der Waals surface area contributed by atoms with Gasteiger partial charge < -0.3 is 4.74 Å². The second-order valence-corrected chi connectivity index (χ2v) is 1.74. The molecule has 12 heavy (non-hydrogen) atoms. The molecule has 0 heterocycles. The number of esters is 1. The molecule has 0 aliphatic rings. The van der Waals surface area contributed by atoms with E-state index in [9.17, 15) is 22.4 Å². The summed E-state index contributed by atoms with van der Waals surface area (Å²) in [6, 6.07) is 0. The van der Waals surface area contributed by atoms with Crippen LogP contribution in [0.3, 0.4) is 0 Å². The monoisotopic (exact) mass is 186 g/mol. The van der Waals surface area contributed by atoms with E-state index in [0.717, 1.165) is 0 Å². The molecule has 0 saturated carbocycles. The van der Waals surface area contributed by atoms with Crippen LogP contribution in [0.5, 0.6) is 0 Å². The number of allylic oxidation sites excluding steroid dienone is 1. The molecule has 6 heteroatoms. The molecule has 0 saturated heterocycles.